The van der Waals surface area contributed by atoms with Gasteiger partial charge in [-0.05, 0) is 0 Å². The van der Waals surface area contributed by atoms with Crippen molar-refractivity contribution in [3.05, 3.63) is 12.7 Å². The topological polar surface area (TPSA) is 213 Å². The Hall–Kier alpha value is -1.87. The first-order valence-corrected chi connectivity index (χ1v) is 9.96. The highest BCUT2D eigenvalue weighted by Gasteiger charge is 2.80. The lowest BCUT2D eigenvalue weighted by molar-refractivity contribution is -0.414. The molecule has 0 aromatic rings. The van der Waals surface area contributed by atoms with Crippen molar-refractivity contribution in [1.82, 2.24) is 0 Å². The molecule has 6 atom stereocenters. The molecule has 0 spiro atoms. The number of sulfone groups is 1. The van der Waals surface area contributed by atoms with E-state index in [9.17, 15) is 53.1 Å². The van der Waals surface area contributed by atoms with Crippen LogP contribution in [0.3, 0.4) is 0 Å². The van der Waals surface area contributed by atoms with E-state index in [2.05, 4.69) is 6.58 Å². The zero-order chi connectivity index (χ0) is 26.9. The fourth-order valence-electron chi connectivity index (χ4n) is 3.53. The molecule has 1 fully saturated rings. The minimum absolute atomic E-state index is 0.654. The summed E-state index contributed by atoms with van der Waals surface area (Å²) in [4.78, 5) is 46.2. The Balaban J connectivity index is 4.22. The van der Waals surface area contributed by atoms with Crippen molar-refractivity contribution >= 4 is 34.9 Å². The van der Waals surface area contributed by atoms with Crippen LogP contribution in [0.4, 0.5) is 0 Å². The first-order valence-electron chi connectivity index (χ1n) is 10.3. The third-order valence-electron chi connectivity index (χ3n) is 5.08. The van der Waals surface area contributed by atoms with Crippen LogP contribution in [0, 0.1) is 0 Å². The number of rotatable bonds is 12. The van der Waals surface area contributed by atoms with Gasteiger partial charge < -0.3 is 49.4 Å². The van der Waals surface area contributed by atoms with E-state index in [1.807, 2.05) is 0 Å². The molecule has 13 heteroatoms. The van der Waals surface area contributed by atoms with Crippen LogP contribution in [0.25, 0.3) is 0 Å². The molecule has 30 heavy (non-hydrogen) atoms. The molecule has 0 amide bonds. The monoisotopic (exact) mass is 456 g/mol. The second kappa shape index (κ2) is 9.09. The fraction of sp³-hybridized carbons (Fsp3) is 0.647. The lowest BCUT2D eigenvalue weighted by Crippen LogP contribution is -2.86. The van der Waals surface area contributed by atoms with E-state index in [1.165, 1.54) is 0 Å². The number of ether oxygens (including phenoxy) is 1. The third-order valence-corrected chi connectivity index (χ3v) is 7.03. The van der Waals surface area contributed by atoms with Gasteiger partial charge in [-0.2, -0.15) is 0 Å². The van der Waals surface area contributed by atoms with Gasteiger partial charge in [0.05, 0.1) is 11.9 Å². The van der Waals surface area contributed by atoms with E-state index in [-0.39, 0.29) is 0 Å². The quantitative estimate of drug-likeness (QED) is 0.143. The Morgan fingerprint density at radius 2 is 1.47 bits per heavy atom. The molecule has 1 aliphatic rings. The molecule has 12 nitrogen and oxygen atoms in total. The third kappa shape index (κ3) is 3.56. The Kier molecular flexibility index (Phi) is 6.08. The zero-order valence-corrected chi connectivity index (χ0v) is 16.3. The predicted molar refractivity (Wildman–Crippen MR) is 97.4 cm³/mol. The number of aldehydes is 4. The Bertz CT molecular complexity index is 989. The molecule has 5 N–H and O–H groups in total. The average Bonchev–Trinajstić information content (AvgIpc) is 2.61. The van der Waals surface area contributed by atoms with Gasteiger partial charge in [0.25, 0.3) is 0 Å². The number of aliphatic hydroxyl groups is 5. The first kappa shape index (κ1) is 20.1. The van der Waals surface area contributed by atoms with E-state index in [0.29, 0.717) is 6.08 Å². The van der Waals surface area contributed by atoms with Crippen molar-refractivity contribution in [2.24, 2.45) is 0 Å². The molecule has 1 rings (SSSR count). The van der Waals surface area contributed by atoms with E-state index >= 15 is 0 Å². The number of aliphatic hydroxyl groups excluding tert-OH is 1. The molecule has 1 aliphatic heterocycles. The van der Waals surface area contributed by atoms with Crippen LogP contribution in [0.15, 0.2) is 12.7 Å². The van der Waals surface area contributed by atoms with Gasteiger partial charge in [-0.1, -0.05) is 6.08 Å². The van der Waals surface area contributed by atoms with Gasteiger partial charge in [0.1, 0.15) is 47.8 Å². The highest BCUT2D eigenvalue weighted by Crippen LogP contribution is 2.55. The molecule has 170 valence electrons. The molecule has 0 aromatic heterocycles. The van der Waals surface area contributed by atoms with Crippen LogP contribution >= 0.6 is 0 Å². The molecule has 2 unspecified atom stereocenters. The zero-order valence-electron chi connectivity index (χ0n) is 19.5. The standard InChI is InChI=1S/C17H24O12S/c1-2-11-30(27,28)17(26)16(25,6-10-21)15(24,5-9-20)14(23,4-8-19)13(29-17)12(22)3-7-18/h2,7-10,12-13,22-26H,1,3-6,11H2/t12?,13-,14-,15+,16-,17?/m1/s1/i7D,8D,9D,10D. The molecule has 0 bridgehead atoms. The Morgan fingerprint density at radius 1 is 0.967 bits per heavy atom. The number of hydrogen-bond donors (Lipinski definition) is 5. The SMILES string of the molecule is [2H]C(=O)CC(O)[C@H]1OC(O)(S(=O)(=O)CC=C)[C@@](O)(CC([2H])=O)[C@](O)(CC([2H])=O)[C@@]1(O)CC([2H])=O. The summed E-state index contributed by atoms with van der Waals surface area (Å²) >= 11 is 0. The molecule has 1 heterocycles. The smallest absolute Gasteiger partial charge is 0.305 e. The first-order chi connectivity index (χ1) is 15.2. The van der Waals surface area contributed by atoms with Crippen LogP contribution in [0.1, 0.15) is 31.2 Å². The second-order valence-electron chi connectivity index (χ2n) is 6.71. The average molecular weight is 456 g/mol. The van der Waals surface area contributed by atoms with Crippen molar-refractivity contribution in [1.29, 1.82) is 0 Å². The molecule has 0 aromatic carbocycles. The predicted octanol–water partition coefficient (Wildman–Crippen LogP) is -3.46. The summed E-state index contributed by atoms with van der Waals surface area (Å²) in [6, 6.07) is 0. The summed E-state index contributed by atoms with van der Waals surface area (Å²) in [5, 5.41) is 51.3. The summed E-state index contributed by atoms with van der Waals surface area (Å²) in [5.74, 6) is -1.25. The van der Waals surface area contributed by atoms with Gasteiger partial charge in [0.2, 0.25) is 9.84 Å². The molecule has 1 saturated heterocycles. The largest absolute Gasteiger partial charge is 0.390 e. The van der Waals surface area contributed by atoms with Crippen molar-refractivity contribution in [2.75, 3.05) is 5.75 Å². The number of carbonyl (C=O) groups is 4. The molecular formula is C17H24O12S. The fourth-order valence-corrected chi connectivity index (χ4v) is 5.07. The Morgan fingerprint density at radius 3 is 1.90 bits per heavy atom. The van der Waals surface area contributed by atoms with E-state index in [0.717, 1.165) is 0 Å². The van der Waals surface area contributed by atoms with Gasteiger partial charge in [-0.15, -0.1) is 6.58 Å². The molecular weight excluding hydrogens is 428 g/mol. The van der Waals surface area contributed by atoms with Crippen LogP contribution in [0.2, 0.25) is 0 Å². The molecule has 0 aliphatic carbocycles. The van der Waals surface area contributed by atoms with E-state index < -0.39 is 100 Å². The van der Waals surface area contributed by atoms with Gasteiger partial charge in [-0.3, -0.25) is 0 Å². The van der Waals surface area contributed by atoms with Crippen LogP contribution in [-0.2, 0) is 33.8 Å². The minimum atomic E-state index is -5.36. The molecule has 0 radical (unpaired) electrons. The van der Waals surface area contributed by atoms with Gasteiger partial charge >= 0.3 is 5.12 Å². The van der Waals surface area contributed by atoms with Crippen LogP contribution in [-0.4, -0.2) is 98.9 Å². The summed E-state index contributed by atoms with van der Waals surface area (Å²) in [5.41, 5.74) is -11.6. The van der Waals surface area contributed by atoms with Gasteiger partial charge in [0.15, 0.2) is 5.60 Å². The summed E-state index contributed by atoms with van der Waals surface area (Å²) in [7, 11) is -5.36. The van der Waals surface area contributed by atoms with Crippen molar-refractivity contribution in [3.8, 4) is 0 Å². The van der Waals surface area contributed by atoms with Gasteiger partial charge in [0, 0.05) is 25.7 Å². The summed E-state index contributed by atoms with van der Waals surface area (Å²) < 4.78 is 59.2. The number of hydrogen-bond acceptors (Lipinski definition) is 12. The maximum absolute atomic E-state index is 12.9. The van der Waals surface area contributed by atoms with Gasteiger partial charge in [-0.25, -0.2) is 8.42 Å². The Labute approximate surface area is 177 Å². The van der Waals surface area contributed by atoms with Crippen LogP contribution in [0.5, 0.6) is 0 Å². The minimum Gasteiger partial charge on any atom is -0.390 e. The van der Waals surface area contributed by atoms with Crippen molar-refractivity contribution in [3.63, 3.8) is 0 Å². The number of carbonyl (C=O) groups excluding carboxylic acids is 4. The van der Waals surface area contributed by atoms with Crippen molar-refractivity contribution < 1.29 is 63.3 Å². The highest BCUT2D eigenvalue weighted by molar-refractivity contribution is 7.92. The normalized spacial score (nSPS) is 39.6. The lowest BCUT2D eigenvalue weighted by Gasteiger charge is -2.62. The second-order valence-corrected chi connectivity index (χ2v) is 8.83. The van der Waals surface area contributed by atoms with Crippen molar-refractivity contribution in [2.45, 2.75) is 59.8 Å². The summed E-state index contributed by atoms with van der Waals surface area (Å²) in [6.07, 6.45) is -18.3. The van der Waals surface area contributed by atoms with Crippen LogP contribution < -0.4 is 0 Å². The van der Waals surface area contributed by atoms with E-state index in [1.54, 1.807) is 0 Å². The van der Waals surface area contributed by atoms with E-state index in [4.69, 9.17) is 10.2 Å². The highest BCUT2D eigenvalue weighted by atomic mass is 32.2. The molecule has 0 saturated carbocycles. The summed E-state index contributed by atoms with van der Waals surface area (Å²) in [6.45, 7) is 3.11. The maximum atomic E-state index is 12.9. The maximum Gasteiger partial charge on any atom is 0.305 e. The lowest BCUT2D eigenvalue weighted by atomic mass is 9.61.